The van der Waals surface area contributed by atoms with Gasteiger partial charge in [0.2, 0.25) is 0 Å². The van der Waals surface area contributed by atoms with E-state index in [2.05, 4.69) is 56.4 Å². The van der Waals surface area contributed by atoms with Gasteiger partial charge in [0.05, 0.1) is 16.6 Å². The SMILES string of the molecule is CCCCc1nc2cccc(C(=O)O)c2n1Cc1ccc(-c2ccccc2-c2nnn[nH]2)cc1.[NaH]. The van der Waals surface area contributed by atoms with Crippen LogP contribution in [0.2, 0.25) is 0 Å². The van der Waals surface area contributed by atoms with Crippen molar-refractivity contribution in [2.75, 3.05) is 0 Å². The number of aryl methyl sites for hydroxylation is 1. The molecule has 0 spiro atoms. The number of carboxylic acid groups (broad SMARTS) is 1. The van der Waals surface area contributed by atoms with E-state index in [1.54, 1.807) is 12.1 Å². The summed E-state index contributed by atoms with van der Waals surface area (Å²) in [6.07, 6.45) is 2.85. The number of carboxylic acids is 1. The number of aromatic amines is 1. The minimum absolute atomic E-state index is 0. The zero-order chi connectivity index (χ0) is 23.5. The molecule has 3 aromatic carbocycles. The number of hydrogen-bond donors (Lipinski definition) is 2. The summed E-state index contributed by atoms with van der Waals surface area (Å²) in [5.74, 6) is 0.590. The van der Waals surface area contributed by atoms with E-state index in [1.165, 1.54) is 0 Å². The molecule has 0 atom stereocenters. The first-order valence-electron chi connectivity index (χ1n) is 11.3. The number of rotatable bonds is 8. The van der Waals surface area contributed by atoms with E-state index >= 15 is 0 Å². The average molecular weight is 477 g/mol. The Kier molecular flexibility index (Phi) is 7.75. The second kappa shape index (κ2) is 10.9. The molecule has 0 saturated heterocycles. The quantitative estimate of drug-likeness (QED) is 0.323. The maximum atomic E-state index is 11.9. The Morgan fingerprint density at radius 3 is 2.46 bits per heavy atom. The molecule has 0 aliphatic carbocycles. The van der Waals surface area contributed by atoms with Gasteiger partial charge in [0.25, 0.3) is 0 Å². The summed E-state index contributed by atoms with van der Waals surface area (Å²) in [5.41, 5.74) is 5.74. The molecule has 172 valence electrons. The Morgan fingerprint density at radius 2 is 1.77 bits per heavy atom. The van der Waals surface area contributed by atoms with Gasteiger partial charge in [-0.15, -0.1) is 5.10 Å². The third-order valence-corrected chi connectivity index (χ3v) is 5.96. The molecule has 0 radical (unpaired) electrons. The van der Waals surface area contributed by atoms with E-state index in [0.717, 1.165) is 52.9 Å². The van der Waals surface area contributed by atoms with Gasteiger partial charge in [-0.05, 0) is 45.7 Å². The van der Waals surface area contributed by atoms with Crippen LogP contribution >= 0.6 is 0 Å². The molecule has 0 unspecified atom stereocenters. The molecule has 0 saturated carbocycles. The summed E-state index contributed by atoms with van der Waals surface area (Å²) in [6.45, 7) is 2.69. The fraction of sp³-hybridized carbons (Fsp3) is 0.192. The number of para-hydroxylation sites is 1. The van der Waals surface area contributed by atoms with Gasteiger partial charge in [0, 0.05) is 18.5 Å². The molecule has 2 aromatic heterocycles. The Morgan fingerprint density at radius 1 is 1.00 bits per heavy atom. The number of unbranched alkanes of at least 4 members (excludes halogenated alkanes) is 1. The zero-order valence-electron chi connectivity index (χ0n) is 18.8. The van der Waals surface area contributed by atoms with E-state index in [-0.39, 0.29) is 35.1 Å². The van der Waals surface area contributed by atoms with Crippen LogP contribution in [0, 0.1) is 0 Å². The summed E-state index contributed by atoms with van der Waals surface area (Å²) in [7, 11) is 0. The Bertz CT molecular complexity index is 1450. The van der Waals surface area contributed by atoms with Crippen molar-refractivity contribution in [2.45, 2.75) is 32.7 Å². The first-order chi connectivity index (χ1) is 16.7. The van der Waals surface area contributed by atoms with Gasteiger partial charge in [-0.25, -0.2) is 14.9 Å². The van der Waals surface area contributed by atoms with Gasteiger partial charge in [-0.2, -0.15) is 0 Å². The van der Waals surface area contributed by atoms with Crippen LogP contribution in [0.3, 0.4) is 0 Å². The molecule has 8 nitrogen and oxygen atoms in total. The number of aromatic carboxylic acids is 1. The van der Waals surface area contributed by atoms with Gasteiger partial charge >= 0.3 is 35.5 Å². The fourth-order valence-corrected chi connectivity index (χ4v) is 4.29. The number of fused-ring (bicyclic) bond motifs is 1. The molecule has 2 heterocycles. The number of benzene rings is 3. The molecule has 0 bridgehead atoms. The van der Waals surface area contributed by atoms with Crippen molar-refractivity contribution in [3.8, 4) is 22.5 Å². The number of hydrogen-bond acceptors (Lipinski definition) is 5. The predicted octanol–water partition coefficient (Wildman–Crippen LogP) is 4.32. The van der Waals surface area contributed by atoms with Gasteiger partial charge in [-0.3, -0.25) is 0 Å². The summed E-state index contributed by atoms with van der Waals surface area (Å²) < 4.78 is 2.05. The van der Waals surface area contributed by atoms with Crippen molar-refractivity contribution in [1.29, 1.82) is 0 Å². The predicted molar refractivity (Wildman–Crippen MR) is 137 cm³/mol. The van der Waals surface area contributed by atoms with Crippen LogP contribution in [0.1, 0.15) is 41.5 Å². The van der Waals surface area contributed by atoms with Crippen molar-refractivity contribution in [1.82, 2.24) is 30.2 Å². The molecule has 0 amide bonds. The van der Waals surface area contributed by atoms with E-state index in [0.29, 0.717) is 17.9 Å². The van der Waals surface area contributed by atoms with Crippen molar-refractivity contribution < 1.29 is 9.90 Å². The maximum absolute atomic E-state index is 11.9. The molecule has 0 aliphatic rings. The third kappa shape index (κ3) is 5.05. The van der Waals surface area contributed by atoms with E-state index in [4.69, 9.17) is 4.98 Å². The van der Waals surface area contributed by atoms with Gasteiger partial charge in [0.1, 0.15) is 5.82 Å². The molecule has 35 heavy (non-hydrogen) atoms. The van der Waals surface area contributed by atoms with Crippen molar-refractivity contribution >= 4 is 46.6 Å². The first kappa shape index (κ1) is 24.8. The zero-order valence-corrected chi connectivity index (χ0v) is 18.8. The average Bonchev–Trinajstić information content (AvgIpc) is 3.52. The minimum atomic E-state index is -0.942. The summed E-state index contributed by atoms with van der Waals surface area (Å²) >= 11 is 0. The molecule has 0 aliphatic heterocycles. The van der Waals surface area contributed by atoms with Crippen LogP contribution in [0.4, 0.5) is 0 Å². The molecule has 5 aromatic rings. The number of imidazole rings is 1. The van der Waals surface area contributed by atoms with Crippen LogP contribution in [-0.2, 0) is 13.0 Å². The monoisotopic (exact) mass is 476 g/mol. The number of nitrogens with zero attached hydrogens (tertiary/aromatic N) is 5. The van der Waals surface area contributed by atoms with Gasteiger partial charge in [0.15, 0.2) is 5.82 Å². The summed E-state index contributed by atoms with van der Waals surface area (Å²) in [4.78, 5) is 16.7. The molecule has 9 heteroatoms. The van der Waals surface area contributed by atoms with Gasteiger partial charge in [-0.1, -0.05) is 67.9 Å². The van der Waals surface area contributed by atoms with Gasteiger partial charge < -0.3 is 9.67 Å². The van der Waals surface area contributed by atoms with E-state index in [9.17, 15) is 9.90 Å². The number of nitrogens with one attached hydrogen (secondary N) is 1. The van der Waals surface area contributed by atoms with Crippen LogP contribution < -0.4 is 0 Å². The normalized spacial score (nSPS) is 10.9. The Hall–Kier alpha value is -3.33. The number of carbonyl (C=O) groups is 1. The molecule has 2 N–H and O–H groups in total. The number of H-pyrrole nitrogens is 1. The van der Waals surface area contributed by atoms with Crippen molar-refractivity contribution in [2.24, 2.45) is 0 Å². The van der Waals surface area contributed by atoms with E-state index < -0.39 is 5.97 Å². The Labute approximate surface area is 224 Å². The van der Waals surface area contributed by atoms with Crippen LogP contribution in [0.25, 0.3) is 33.5 Å². The number of aromatic nitrogens is 6. The van der Waals surface area contributed by atoms with Crippen molar-refractivity contribution in [3.05, 3.63) is 83.7 Å². The fourth-order valence-electron chi connectivity index (χ4n) is 4.29. The summed E-state index contributed by atoms with van der Waals surface area (Å²) in [6, 6.07) is 21.5. The van der Waals surface area contributed by atoms with Crippen molar-refractivity contribution in [3.63, 3.8) is 0 Å². The third-order valence-electron chi connectivity index (χ3n) is 5.96. The first-order valence-corrected chi connectivity index (χ1v) is 11.3. The number of tetrazole rings is 1. The second-order valence-corrected chi connectivity index (χ2v) is 8.19. The molecular formula is C26H25N6NaO2. The second-order valence-electron chi connectivity index (χ2n) is 8.19. The molecule has 5 rings (SSSR count). The Balaban J connectivity index is 0.00000289. The topological polar surface area (TPSA) is 110 Å². The van der Waals surface area contributed by atoms with Crippen LogP contribution in [-0.4, -0.2) is 70.8 Å². The summed E-state index contributed by atoms with van der Waals surface area (Å²) in [5, 5.41) is 24.0. The standard InChI is InChI=1S/C26H24N6O2.Na.H/c1-2-3-11-23-27-22-10-6-9-21(26(33)34)24(22)32(23)16-17-12-14-18(15-13-17)19-7-4-5-8-20(19)25-28-30-31-29-25;;/h4-10,12-15H,2-3,11,16H2,1H3,(H,33,34)(H,28,29,30,31);;. The van der Waals surface area contributed by atoms with Crippen LogP contribution in [0.5, 0.6) is 0 Å². The van der Waals surface area contributed by atoms with Crippen LogP contribution in [0.15, 0.2) is 66.7 Å². The van der Waals surface area contributed by atoms with E-state index in [1.807, 2.05) is 30.3 Å². The molecule has 0 fully saturated rings. The molecular weight excluding hydrogens is 451 g/mol.